The summed E-state index contributed by atoms with van der Waals surface area (Å²) in [7, 11) is -3.33. The Morgan fingerprint density at radius 1 is 1.10 bits per heavy atom. The van der Waals surface area contributed by atoms with Gasteiger partial charge in [0.2, 0.25) is 10.0 Å². The zero-order valence-electron chi connectivity index (χ0n) is 11.5. The summed E-state index contributed by atoms with van der Waals surface area (Å²) in [5, 5.41) is 3.36. The SMILES string of the molecule is O=S(=O)(NC1CC1)c1ccc(N2CCCNCC2)cc1. The molecule has 2 fully saturated rings. The molecule has 20 heavy (non-hydrogen) atoms. The molecule has 1 heterocycles. The third-order valence-electron chi connectivity index (χ3n) is 3.75. The lowest BCUT2D eigenvalue weighted by atomic mass is 10.2. The summed E-state index contributed by atoms with van der Waals surface area (Å²) in [4.78, 5) is 2.66. The smallest absolute Gasteiger partial charge is 0.240 e. The first-order valence-corrected chi connectivity index (χ1v) is 8.71. The van der Waals surface area contributed by atoms with Gasteiger partial charge in [-0.3, -0.25) is 0 Å². The van der Waals surface area contributed by atoms with E-state index >= 15 is 0 Å². The van der Waals surface area contributed by atoms with Crippen LogP contribution in [0.3, 0.4) is 0 Å². The summed E-state index contributed by atoms with van der Waals surface area (Å²) in [6.45, 7) is 4.00. The first kappa shape index (κ1) is 13.9. The Morgan fingerprint density at radius 2 is 1.85 bits per heavy atom. The number of sulfonamides is 1. The van der Waals surface area contributed by atoms with Crippen LogP contribution in [0.15, 0.2) is 29.2 Å². The lowest BCUT2D eigenvalue weighted by molar-refractivity contribution is 0.581. The van der Waals surface area contributed by atoms with E-state index in [0.29, 0.717) is 4.90 Å². The molecular formula is C14H21N3O2S. The highest BCUT2D eigenvalue weighted by molar-refractivity contribution is 7.89. The van der Waals surface area contributed by atoms with Crippen molar-refractivity contribution in [2.24, 2.45) is 0 Å². The van der Waals surface area contributed by atoms with Crippen molar-refractivity contribution in [3.05, 3.63) is 24.3 Å². The van der Waals surface area contributed by atoms with Gasteiger partial charge in [-0.1, -0.05) is 0 Å². The van der Waals surface area contributed by atoms with E-state index in [-0.39, 0.29) is 6.04 Å². The van der Waals surface area contributed by atoms with Crippen LogP contribution in [0.2, 0.25) is 0 Å². The van der Waals surface area contributed by atoms with Crippen molar-refractivity contribution in [3.63, 3.8) is 0 Å². The third kappa shape index (κ3) is 3.31. The fourth-order valence-electron chi connectivity index (χ4n) is 2.43. The number of rotatable bonds is 4. The largest absolute Gasteiger partial charge is 0.370 e. The Kier molecular flexibility index (Phi) is 3.96. The van der Waals surface area contributed by atoms with Crippen LogP contribution in [0.4, 0.5) is 5.69 Å². The average molecular weight is 295 g/mol. The van der Waals surface area contributed by atoms with Gasteiger partial charge < -0.3 is 10.2 Å². The van der Waals surface area contributed by atoms with Crippen LogP contribution >= 0.6 is 0 Å². The normalized spacial score (nSPS) is 20.7. The summed E-state index contributed by atoms with van der Waals surface area (Å²) in [5.74, 6) is 0. The molecule has 2 N–H and O–H groups in total. The molecule has 0 radical (unpaired) electrons. The van der Waals surface area contributed by atoms with Crippen molar-refractivity contribution in [1.29, 1.82) is 0 Å². The zero-order valence-corrected chi connectivity index (χ0v) is 12.3. The molecule has 5 nitrogen and oxygen atoms in total. The molecule has 0 spiro atoms. The Balaban J connectivity index is 1.73. The topological polar surface area (TPSA) is 61.4 Å². The zero-order chi connectivity index (χ0) is 14.0. The number of hydrogen-bond acceptors (Lipinski definition) is 4. The van der Waals surface area contributed by atoms with Crippen molar-refractivity contribution in [1.82, 2.24) is 10.0 Å². The summed E-state index contributed by atoms with van der Waals surface area (Å²) in [5.41, 5.74) is 1.10. The average Bonchev–Trinajstić information content (AvgIpc) is 3.25. The predicted molar refractivity (Wildman–Crippen MR) is 79.5 cm³/mol. The summed E-state index contributed by atoms with van der Waals surface area (Å²) < 4.78 is 26.9. The highest BCUT2D eigenvalue weighted by atomic mass is 32.2. The van der Waals surface area contributed by atoms with Crippen molar-refractivity contribution >= 4 is 15.7 Å². The van der Waals surface area contributed by atoms with Gasteiger partial charge in [0.15, 0.2) is 0 Å². The molecule has 110 valence electrons. The van der Waals surface area contributed by atoms with E-state index < -0.39 is 10.0 Å². The molecule has 1 aromatic rings. The molecule has 1 aromatic carbocycles. The second-order valence-electron chi connectivity index (χ2n) is 5.48. The Bertz CT molecular complexity index is 544. The van der Waals surface area contributed by atoms with E-state index in [0.717, 1.165) is 51.1 Å². The molecule has 1 aliphatic heterocycles. The minimum absolute atomic E-state index is 0.149. The molecule has 0 aromatic heterocycles. The van der Waals surface area contributed by atoms with Gasteiger partial charge in [-0.2, -0.15) is 0 Å². The third-order valence-corrected chi connectivity index (χ3v) is 5.29. The fourth-order valence-corrected chi connectivity index (χ4v) is 3.73. The number of anilines is 1. The molecule has 2 aliphatic rings. The van der Waals surface area contributed by atoms with Crippen LogP contribution in [0.1, 0.15) is 19.3 Å². The first-order chi connectivity index (χ1) is 9.65. The van der Waals surface area contributed by atoms with Crippen molar-refractivity contribution in [2.75, 3.05) is 31.1 Å². The Morgan fingerprint density at radius 3 is 2.55 bits per heavy atom. The van der Waals surface area contributed by atoms with Gasteiger partial charge in [-0.05, 0) is 50.1 Å². The van der Waals surface area contributed by atoms with Gasteiger partial charge in [-0.25, -0.2) is 13.1 Å². The predicted octanol–water partition coefficient (Wildman–Crippen LogP) is 0.927. The summed E-state index contributed by atoms with van der Waals surface area (Å²) >= 11 is 0. The molecule has 0 bridgehead atoms. The molecule has 0 unspecified atom stereocenters. The molecule has 1 saturated carbocycles. The van der Waals surface area contributed by atoms with E-state index in [1.165, 1.54) is 0 Å². The quantitative estimate of drug-likeness (QED) is 0.867. The monoisotopic (exact) mass is 295 g/mol. The van der Waals surface area contributed by atoms with Gasteiger partial charge in [0.25, 0.3) is 0 Å². The van der Waals surface area contributed by atoms with Crippen LogP contribution in [0.25, 0.3) is 0 Å². The van der Waals surface area contributed by atoms with Crippen LogP contribution < -0.4 is 14.9 Å². The number of nitrogens with one attached hydrogen (secondary N) is 2. The van der Waals surface area contributed by atoms with E-state index in [4.69, 9.17) is 0 Å². The lowest BCUT2D eigenvalue weighted by Crippen LogP contribution is -2.28. The van der Waals surface area contributed by atoms with Crippen molar-refractivity contribution < 1.29 is 8.42 Å². The van der Waals surface area contributed by atoms with Crippen molar-refractivity contribution in [3.8, 4) is 0 Å². The minimum atomic E-state index is -3.33. The van der Waals surface area contributed by atoms with Gasteiger partial charge >= 0.3 is 0 Å². The maximum Gasteiger partial charge on any atom is 0.240 e. The van der Waals surface area contributed by atoms with Crippen molar-refractivity contribution in [2.45, 2.75) is 30.2 Å². The number of benzene rings is 1. The maximum atomic E-state index is 12.1. The van der Waals surface area contributed by atoms with Gasteiger partial charge in [-0.15, -0.1) is 0 Å². The second-order valence-corrected chi connectivity index (χ2v) is 7.19. The summed E-state index contributed by atoms with van der Waals surface area (Å²) in [6.07, 6.45) is 3.03. The van der Waals surface area contributed by atoms with Gasteiger partial charge in [0.05, 0.1) is 4.90 Å². The lowest BCUT2D eigenvalue weighted by Gasteiger charge is -2.22. The van der Waals surface area contributed by atoms with E-state index in [2.05, 4.69) is 14.9 Å². The van der Waals surface area contributed by atoms with E-state index in [1.807, 2.05) is 12.1 Å². The summed E-state index contributed by atoms with van der Waals surface area (Å²) in [6, 6.07) is 7.38. The Labute approximate surface area is 120 Å². The molecule has 0 amide bonds. The standard InChI is InChI=1S/C14H21N3O2S/c18-20(19,16-12-2-3-12)14-6-4-13(5-7-14)17-10-1-8-15-9-11-17/h4-7,12,15-16H,1-3,8-11H2. The number of nitrogens with zero attached hydrogens (tertiary/aromatic N) is 1. The molecule has 0 atom stereocenters. The molecule has 1 aliphatic carbocycles. The molecule has 3 rings (SSSR count). The first-order valence-electron chi connectivity index (χ1n) is 7.23. The van der Waals surface area contributed by atoms with Crippen LogP contribution in [0.5, 0.6) is 0 Å². The van der Waals surface area contributed by atoms with Gasteiger partial charge in [0, 0.05) is 31.4 Å². The van der Waals surface area contributed by atoms with Gasteiger partial charge in [0.1, 0.15) is 0 Å². The second kappa shape index (κ2) is 5.71. The molecular weight excluding hydrogens is 274 g/mol. The van der Waals surface area contributed by atoms with Crippen LogP contribution in [0, 0.1) is 0 Å². The highest BCUT2D eigenvalue weighted by Gasteiger charge is 2.27. The van der Waals surface area contributed by atoms with E-state index in [9.17, 15) is 8.42 Å². The van der Waals surface area contributed by atoms with Crippen LogP contribution in [-0.4, -0.2) is 40.6 Å². The molecule has 1 saturated heterocycles. The minimum Gasteiger partial charge on any atom is -0.370 e. The maximum absolute atomic E-state index is 12.1. The van der Waals surface area contributed by atoms with Crippen LogP contribution in [-0.2, 0) is 10.0 Å². The number of hydrogen-bond donors (Lipinski definition) is 2. The molecule has 6 heteroatoms. The fraction of sp³-hybridized carbons (Fsp3) is 0.571. The van der Waals surface area contributed by atoms with E-state index in [1.54, 1.807) is 12.1 Å². The Hall–Kier alpha value is -1.11. The highest BCUT2D eigenvalue weighted by Crippen LogP contribution is 2.23.